The van der Waals surface area contributed by atoms with Crippen molar-refractivity contribution in [2.75, 3.05) is 11.9 Å². The zero-order chi connectivity index (χ0) is 18.9. The summed E-state index contributed by atoms with van der Waals surface area (Å²) in [6.07, 6.45) is 3.24. The quantitative estimate of drug-likeness (QED) is 0.804. The minimum atomic E-state index is -0.255. The summed E-state index contributed by atoms with van der Waals surface area (Å²) in [5.41, 5.74) is 3.17. The molecule has 0 atom stereocenters. The van der Waals surface area contributed by atoms with Gasteiger partial charge in [0.15, 0.2) is 0 Å². The van der Waals surface area contributed by atoms with Crippen LogP contribution in [0.2, 0.25) is 0 Å². The van der Waals surface area contributed by atoms with Gasteiger partial charge in [0.1, 0.15) is 11.4 Å². The zero-order valence-corrected chi connectivity index (χ0v) is 16.4. The Hall–Kier alpha value is -2.30. The number of carbonyl (C=O) groups is 1. The molecule has 140 valence electrons. The molecule has 1 saturated carbocycles. The fourth-order valence-corrected chi connectivity index (χ4v) is 2.90. The van der Waals surface area contributed by atoms with Crippen molar-refractivity contribution < 1.29 is 9.53 Å². The lowest BCUT2D eigenvalue weighted by atomic mass is 10.1. The van der Waals surface area contributed by atoms with Gasteiger partial charge in [-0.05, 0) is 70.7 Å². The minimum absolute atomic E-state index is 0.149. The average molecular weight is 355 g/mol. The van der Waals surface area contributed by atoms with Gasteiger partial charge in [-0.2, -0.15) is 5.10 Å². The van der Waals surface area contributed by atoms with Gasteiger partial charge < -0.3 is 10.1 Å². The summed E-state index contributed by atoms with van der Waals surface area (Å²) >= 11 is 0. The molecule has 2 aromatic rings. The van der Waals surface area contributed by atoms with Crippen LogP contribution in [-0.2, 0) is 5.54 Å². The second-order valence-electron chi connectivity index (χ2n) is 8.11. The van der Waals surface area contributed by atoms with Crippen LogP contribution in [0.25, 0.3) is 0 Å². The molecule has 0 aliphatic heterocycles. The predicted molar refractivity (Wildman–Crippen MR) is 104 cm³/mol. The highest BCUT2D eigenvalue weighted by Crippen LogP contribution is 2.40. The Morgan fingerprint density at radius 3 is 2.65 bits per heavy atom. The lowest BCUT2D eigenvalue weighted by molar-refractivity contribution is 0.100. The first-order valence-electron chi connectivity index (χ1n) is 9.45. The van der Waals surface area contributed by atoms with E-state index in [1.165, 1.54) is 0 Å². The number of hydrogen-bond donors (Lipinski definition) is 1. The summed E-state index contributed by atoms with van der Waals surface area (Å²) in [5.74, 6) is 1.07. The van der Waals surface area contributed by atoms with Crippen LogP contribution in [0.4, 0.5) is 5.69 Å². The summed E-state index contributed by atoms with van der Waals surface area (Å²) in [6.45, 7) is 10.9. The van der Waals surface area contributed by atoms with Gasteiger partial charge >= 0.3 is 0 Å². The largest absolute Gasteiger partial charge is 0.491 e. The Labute approximate surface area is 155 Å². The molecule has 1 N–H and O–H groups in total. The number of ether oxygens (including phenoxy) is 1. The average Bonchev–Trinajstić information content (AvgIpc) is 3.31. The molecule has 1 aromatic heterocycles. The number of aryl methyl sites for hydroxylation is 1. The number of nitrogens with one attached hydrogen (secondary N) is 1. The summed E-state index contributed by atoms with van der Waals surface area (Å²) in [7, 11) is 0. The van der Waals surface area contributed by atoms with Crippen LogP contribution in [0.5, 0.6) is 5.75 Å². The van der Waals surface area contributed by atoms with Gasteiger partial charge in [0.2, 0.25) is 0 Å². The molecule has 1 aromatic carbocycles. The Kier molecular flexibility index (Phi) is 5.08. The molecule has 1 aliphatic rings. The third-order valence-electron chi connectivity index (χ3n) is 4.44. The molecular formula is C21H29N3O2. The minimum Gasteiger partial charge on any atom is -0.491 e. The molecule has 26 heavy (non-hydrogen) atoms. The second kappa shape index (κ2) is 7.14. The monoisotopic (exact) mass is 355 g/mol. The van der Waals surface area contributed by atoms with Gasteiger partial charge in [0, 0.05) is 5.92 Å². The van der Waals surface area contributed by atoms with Crippen molar-refractivity contribution in [2.45, 2.75) is 65.3 Å². The number of hydrogen-bond acceptors (Lipinski definition) is 3. The Bertz CT molecular complexity index is 798. The molecule has 0 spiro atoms. The highest BCUT2D eigenvalue weighted by Gasteiger charge is 2.31. The molecule has 1 heterocycles. The third kappa shape index (κ3) is 4.09. The van der Waals surface area contributed by atoms with Crippen LogP contribution >= 0.6 is 0 Å². The van der Waals surface area contributed by atoms with Crippen molar-refractivity contribution in [3.8, 4) is 5.75 Å². The van der Waals surface area contributed by atoms with E-state index in [0.717, 1.165) is 30.5 Å². The lowest BCUT2D eigenvalue weighted by Gasteiger charge is -2.22. The van der Waals surface area contributed by atoms with Crippen LogP contribution in [0.15, 0.2) is 24.3 Å². The number of aromatic nitrogens is 2. The van der Waals surface area contributed by atoms with Crippen molar-refractivity contribution in [1.29, 1.82) is 0 Å². The first-order valence-corrected chi connectivity index (χ1v) is 9.45. The van der Waals surface area contributed by atoms with E-state index in [-0.39, 0.29) is 11.4 Å². The molecule has 0 unspecified atom stereocenters. The second-order valence-corrected chi connectivity index (χ2v) is 8.11. The maximum Gasteiger partial charge on any atom is 0.274 e. The van der Waals surface area contributed by atoms with E-state index in [0.29, 0.717) is 29.7 Å². The standard InChI is InChI=1S/C21H29N3O2/c1-6-11-26-19-12-14(2)7-10-16(19)22-20(25)18-13-17(15-8-9-15)23-24(18)21(3,4)5/h7,10,12-13,15H,6,8-9,11H2,1-5H3,(H,22,25). The normalized spacial score (nSPS) is 14.3. The molecule has 5 nitrogen and oxygen atoms in total. The molecule has 1 amide bonds. The number of rotatable bonds is 6. The van der Waals surface area contributed by atoms with E-state index in [9.17, 15) is 4.79 Å². The fraction of sp³-hybridized carbons (Fsp3) is 0.524. The maximum atomic E-state index is 13.0. The maximum absolute atomic E-state index is 13.0. The van der Waals surface area contributed by atoms with Crippen LogP contribution in [-0.4, -0.2) is 22.3 Å². The number of amides is 1. The third-order valence-corrected chi connectivity index (χ3v) is 4.44. The van der Waals surface area contributed by atoms with E-state index < -0.39 is 0 Å². The van der Waals surface area contributed by atoms with Gasteiger partial charge in [-0.1, -0.05) is 13.0 Å². The van der Waals surface area contributed by atoms with Crippen LogP contribution in [0.1, 0.15) is 74.6 Å². The Morgan fingerprint density at radius 1 is 1.31 bits per heavy atom. The first-order chi connectivity index (χ1) is 12.3. The van der Waals surface area contributed by atoms with Gasteiger partial charge in [0.05, 0.1) is 23.5 Å². The topological polar surface area (TPSA) is 56.1 Å². The molecule has 3 rings (SSSR count). The van der Waals surface area contributed by atoms with Crippen molar-refractivity contribution in [3.05, 3.63) is 41.2 Å². The van der Waals surface area contributed by atoms with Crippen molar-refractivity contribution in [2.24, 2.45) is 0 Å². The van der Waals surface area contributed by atoms with Gasteiger partial charge in [0.25, 0.3) is 5.91 Å². The first kappa shape index (κ1) is 18.5. The van der Waals surface area contributed by atoms with E-state index in [4.69, 9.17) is 9.84 Å². The summed E-state index contributed by atoms with van der Waals surface area (Å²) in [6, 6.07) is 7.78. The summed E-state index contributed by atoms with van der Waals surface area (Å²) in [5, 5.41) is 7.74. The van der Waals surface area contributed by atoms with E-state index in [2.05, 4.69) is 33.0 Å². The van der Waals surface area contributed by atoms with E-state index >= 15 is 0 Å². The molecule has 0 saturated heterocycles. The van der Waals surface area contributed by atoms with Gasteiger partial charge in [-0.3, -0.25) is 9.48 Å². The van der Waals surface area contributed by atoms with Crippen LogP contribution in [0, 0.1) is 6.92 Å². The molecule has 1 fully saturated rings. The van der Waals surface area contributed by atoms with E-state index in [1.807, 2.05) is 35.9 Å². The van der Waals surface area contributed by atoms with Gasteiger partial charge in [-0.15, -0.1) is 0 Å². The predicted octanol–water partition coefficient (Wildman–Crippen LogP) is 4.87. The van der Waals surface area contributed by atoms with Crippen molar-refractivity contribution in [1.82, 2.24) is 9.78 Å². The van der Waals surface area contributed by atoms with Crippen molar-refractivity contribution in [3.63, 3.8) is 0 Å². The SMILES string of the molecule is CCCOc1cc(C)ccc1NC(=O)c1cc(C2CC2)nn1C(C)(C)C. The highest BCUT2D eigenvalue weighted by atomic mass is 16.5. The molecule has 1 aliphatic carbocycles. The summed E-state index contributed by atoms with van der Waals surface area (Å²) < 4.78 is 7.66. The van der Waals surface area contributed by atoms with Crippen LogP contribution in [0.3, 0.4) is 0 Å². The molecule has 0 radical (unpaired) electrons. The van der Waals surface area contributed by atoms with Gasteiger partial charge in [-0.25, -0.2) is 0 Å². The Balaban J connectivity index is 1.89. The summed E-state index contributed by atoms with van der Waals surface area (Å²) in [4.78, 5) is 13.0. The van der Waals surface area contributed by atoms with Crippen molar-refractivity contribution >= 4 is 11.6 Å². The van der Waals surface area contributed by atoms with Crippen LogP contribution < -0.4 is 10.1 Å². The number of carbonyl (C=O) groups excluding carboxylic acids is 1. The zero-order valence-electron chi connectivity index (χ0n) is 16.4. The molecule has 5 heteroatoms. The smallest absolute Gasteiger partial charge is 0.274 e. The number of nitrogens with zero attached hydrogens (tertiary/aromatic N) is 2. The molecular weight excluding hydrogens is 326 g/mol. The number of benzene rings is 1. The molecule has 0 bridgehead atoms. The highest BCUT2D eigenvalue weighted by molar-refractivity contribution is 6.04. The van der Waals surface area contributed by atoms with E-state index in [1.54, 1.807) is 0 Å². The Morgan fingerprint density at radius 2 is 2.04 bits per heavy atom. The number of anilines is 1. The lowest BCUT2D eigenvalue weighted by Crippen LogP contribution is -2.29. The fourth-order valence-electron chi connectivity index (χ4n) is 2.90.